The smallest absolute Gasteiger partial charge is 0.182 e. The standard InChI is InChI=1S/C25H23FN2O2S/c1-25(2)14-24(28-23-11-6-17(15-27)13-22(23)25)19-5-3-4-18(12-19)16-31(29,30)21-9-7-20(26)8-10-21/h3-13,24,28H,14,16H2,1-2H3. The number of nitriles is 1. The van der Waals surface area contributed by atoms with Crippen molar-refractivity contribution in [2.45, 2.75) is 42.4 Å². The molecule has 1 N–H and O–H groups in total. The zero-order valence-electron chi connectivity index (χ0n) is 17.4. The Morgan fingerprint density at radius 3 is 2.55 bits per heavy atom. The van der Waals surface area contributed by atoms with Crippen LogP contribution in [-0.2, 0) is 21.0 Å². The van der Waals surface area contributed by atoms with Gasteiger partial charge in [-0.1, -0.05) is 38.1 Å². The van der Waals surface area contributed by atoms with Gasteiger partial charge in [-0.2, -0.15) is 5.26 Å². The largest absolute Gasteiger partial charge is 0.378 e. The van der Waals surface area contributed by atoms with E-state index in [1.165, 1.54) is 12.1 Å². The fraction of sp³-hybridized carbons (Fsp3) is 0.240. The number of rotatable bonds is 4. The molecule has 3 aromatic rings. The fourth-order valence-electron chi connectivity index (χ4n) is 4.20. The van der Waals surface area contributed by atoms with Crippen LogP contribution >= 0.6 is 0 Å². The average molecular weight is 435 g/mol. The van der Waals surface area contributed by atoms with Gasteiger partial charge in [0, 0.05) is 5.69 Å². The Bertz CT molecular complexity index is 1280. The summed E-state index contributed by atoms with van der Waals surface area (Å²) in [6, 6.07) is 20.4. The summed E-state index contributed by atoms with van der Waals surface area (Å²) in [6.07, 6.45) is 0.809. The summed E-state index contributed by atoms with van der Waals surface area (Å²) < 4.78 is 38.7. The average Bonchev–Trinajstić information content (AvgIpc) is 2.73. The van der Waals surface area contributed by atoms with Gasteiger partial charge in [0.2, 0.25) is 0 Å². The molecule has 1 heterocycles. The van der Waals surface area contributed by atoms with Crippen molar-refractivity contribution < 1.29 is 12.8 Å². The monoisotopic (exact) mass is 434 g/mol. The summed E-state index contributed by atoms with van der Waals surface area (Å²) in [6.45, 7) is 4.31. The molecule has 0 amide bonds. The van der Waals surface area contributed by atoms with Crippen LogP contribution in [0.4, 0.5) is 10.1 Å². The van der Waals surface area contributed by atoms with Crippen LogP contribution in [0.15, 0.2) is 71.6 Å². The maximum atomic E-state index is 13.2. The predicted octanol–water partition coefficient (Wildman–Crippen LogP) is 5.51. The Morgan fingerprint density at radius 1 is 1.10 bits per heavy atom. The van der Waals surface area contributed by atoms with E-state index >= 15 is 0 Å². The normalized spacial score (nSPS) is 17.3. The van der Waals surface area contributed by atoms with E-state index in [1.807, 2.05) is 30.3 Å². The van der Waals surface area contributed by atoms with Crippen molar-refractivity contribution in [3.63, 3.8) is 0 Å². The van der Waals surface area contributed by atoms with E-state index in [-0.39, 0.29) is 22.1 Å². The number of hydrogen-bond acceptors (Lipinski definition) is 4. The van der Waals surface area contributed by atoms with Crippen molar-refractivity contribution in [3.05, 3.63) is 94.8 Å². The van der Waals surface area contributed by atoms with Crippen LogP contribution in [0.5, 0.6) is 0 Å². The molecule has 4 rings (SSSR count). The van der Waals surface area contributed by atoms with E-state index in [0.717, 1.165) is 35.4 Å². The summed E-state index contributed by atoms with van der Waals surface area (Å²) >= 11 is 0. The highest BCUT2D eigenvalue weighted by atomic mass is 32.2. The number of benzene rings is 3. The Kier molecular flexibility index (Phi) is 5.32. The highest BCUT2D eigenvalue weighted by Gasteiger charge is 2.33. The zero-order chi connectivity index (χ0) is 22.2. The molecule has 1 aliphatic rings. The number of halogens is 1. The molecule has 0 aliphatic carbocycles. The van der Waals surface area contributed by atoms with Crippen LogP contribution in [0, 0.1) is 17.1 Å². The maximum Gasteiger partial charge on any atom is 0.182 e. The third kappa shape index (κ3) is 4.33. The molecule has 31 heavy (non-hydrogen) atoms. The molecule has 1 aliphatic heterocycles. The van der Waals surface area contributed by atoms with E-state index in [1.54, 1.807) is 12.1 Å². The summed E-state index contributed by atoms with van der Waals surface area (Å²) in [4.78, 5) is 0.110. The van der Waals surface area contributed by atoms with Gasteiger partial charge < -0.3 is 5.32 Å². The summed E-state index contributed by atoms with van der Waals surface area (Å²) in [7, 11) is -3.57. The van der Waals surface area contributed by atoms with E-state index in [4.69, 9.17) is 0 Å². The van der Waals surface area contributed by atoms with Gasteiger partial charge in [-0.15, -0.1) is 0 Å². The molecule has 0 fully saturated rings. The first-order chi connectivity index (χ1) is 14.7. The van der Waals surface area contributed by atoms with Crippen molar-refractivity contribution in [1.82, 2.24) is 0 Å². The van der Waals surface area contributed by atoms with E-state index in [0.29, 0.717) is 11.1 Å². The zero-order valence-corrected chi connectivity index (χ0v) is 18.2. The van der Waals surface area contributed by atoms with E-state index < -0.39 is 15.7 Å². The highest BCUT2D eigenvalue weighted by molar-refractivity contribution is 7.90. The quantitative estimate of drug-likeness (QED) is 0.550. The molecule has 0 saturated heterocycles. The minimum Gasteiger partial charge on any atom is -0.378 e. The lowest BCUT2D eigenvalue weighted by atomic mass is 9.73. The minimum atomic E-state index is -3.57. The van der Waals surface area contributed by atoms with Crippen LogP contribution in [0.1, 0.15) is 48.6 Å². The third-order valence-corrected chi connectivity index (χ3v) is 7.51. The van der Waals surface area contributed by atoms with Crippen molar-refractivity contribution in [1.29, 1.82) is 5.26 Å². The number of anilines is 1. The van der Waals surface area contributed by atoms with Crippen LogP contribution < -0.4 is 5.32 Å². The van der Waals surface area contributed by atoms with Gasteiger partial charge in [0.15, 0.2) is 9.84 Å². The summed E-state index contributed by atoms with van der Waals surface area (Å²) in [5, 5.41) is 12.8. The molecular formula is C25H23FN2O2S. The Hall–Kier alpha value is -3.17. The second kappa shape index (κ2) is 7.82. The van der Waals surface area contributed by atoms with Gasteiger partial charge in [0.05, 0.1) is 28.3 Å². The van der Waals surface area contributed by atoms with Crippen molar-refractivity contribution in [2.75, 3.05) is 5.32 Å². The fourth-order valence-corrected chi connectivity index (χ4v) is 5.54. The van der Waals surface area contributed by atoms with E-state index in [9.17, 15) is 18.1 Å². The van der Waals surface area contributed by atoms with Crippen LogP contribution in [-0.4, -0.2) is 8.42 Å². The Labute approximate surface area is 182 Å². The Balaban J connectivity index is 1.61. The van der Waals surface area contributed by atoms with Gasteiger partial charge in [-0.05, 0) is 71.0 Å². The topological polar surface area (TPSA) is 70.0 Å². The SMILES string of the molecule is CC1(C)CC(c2cccc(CS(=O)(=O)c3ccc(F)cc3)c2)Nc2ccc(C#N)cc21. The minimum absolute atomic E-state index is 0.0175. The molecule has 4 nitrogen and oxygen atoms in total. The first-order valence-electron chi connectivity index (χ1n) is 10.1. The lowest BCUT2D eigenvalue weighted by Crippen LogP contribution is -2.31. The van der Waals surface area contributed by atoms with Gasteiger partial charge in [0.1, 0.15) is 5.82 Å². The second-order valence-corrected chi connectivity index (χ2v) is 10.6. The predicted molar refractivity (Wildman–Crippen MR) is 119 cm³/mol. The first kappa shape index (κ1) is 21.1. The van der Waals surface area contributed by atoms with E-state index in [2.05, 4.69) is 25.2 Å². The third-order valence-electron chi connectivity index (χ3n) is 5.80. The lowest BCUT2D eigenvalue weighted by molar-refractivity contribution is 0.427. The number of sulfone groups is 1. The maximum absolute atomic E-state index is 13.2. The number of nitrogens with one attached hydrogen (secondary N) is 1. The summed E-state index contributed by atoms with van der Waals surface area (Å²) in [5.41, 5.74) is 4.29. The van der Waals surface area contributed by atoms with Crippen molar-refractivity contribution >= 4 is 15.5 Å². The number of nitrogens with zero attached hydrogens (tertiary/aromatic N) is 1. The molecule has 0 spiro atoms. The number of fused-ring (bicyclic) bond motifs is 1. The van der Waals surface area contributed by atoms with Crippen molar-refractivity contribution in [3.8, 4) is 6.07 Å². The second-order valence-electron chi connectivity index (χ2n) is 8.62. The Morgan fingerprint density at radius 2 is 1.84 bits per heavy atom. The molecule has 1 unspecified atom stereocenters. The van der Waals surface area contributed by atoms with Crippen LogP contribution in [0.25, 0.3) is 0 Å². The molecule has 158 valence electrons. The van der Waals surface area contributed by atoms with Crippen LogP contribution in [0.3, 0.4) is 0 Å². The molecule has 1 atom stereocenters. The molecule has 0 radical (unpaired) electrons. The van der Waals surface area contributed by atoms with Crippen molar-refractivity contribution in [2.24, 2.45) is 0 Å². The lowest BCUT2D eigenvalue weighted by Gasteiger charge is -2.39. The molecule has 6 heteroatoms. The number of hydrogen-bond donors (Lipinski definition) is 1. The molecule has 0 saturated carbocycles. The molecule has 0 aromatic heterocycles. The molecule has 3 aromatic carbocycles. The van der Waals surface area contributed by atoms with Crippen LogP contribution in [0.2, 0.25) is 0 Å². The molecule has 0 bridgehead atoms. The van der Waals surface area contributed by atoms with Gasteiger partial charge in [0.25, 0.3) is 0 Å². The van der Waals surface area contributed by atoms with Gasteiger partial charge >= 0.3 is 0 Å². The summed E-state index contributed by atoms with van der Waals surface area (Å²) in [5.74, 6) is -0.612. The molecular weight excluding hydrogens is 411 g/mol. The first-order valence-corrected chi connectivity index (χ1v) is 11.7. The van der Waals surface area contributed by atoms with Gasteiger partial charge in [-0.3, -0.25) is 0 Å². The highest BCUT2D eigenvalue weighted by Crippen LogP contribution is 2.44. The van der Waals surface area contributed by atoms with Gasteiger partial charge in [-0.25, -0.2) is 12.8 Å².